The van der Waals surface area contributed by atoms with Crippen LogP contribution in [0.25, 0.3) is 5.57 Å². The number of likely N-dealkylation sites (N-methyl/N-ethyl adjacent to an activating group) is 1. The summed E-state index contributed by atoms with van der Waals surface area (Å²) in [4.78, 5) is 17.1. The molecule has 0 saturated heterocycles. The van der Waals surface area contributed by atoms with E-state index in [9.17, 15) is 4.79 Å². The predicted molar refractivity (Wildman–Crippen MR) is 102 cm³/mol. The van der Waals surface area contributed by atoms with Gasteiger partial charge >= 0.3 is 0 Å². The predicted octanol–water partition coefficient (Wildman–Crippen LogP) is 3.74. The molecule has 3 nitrogen and oxygen atoms in total. The average Bonchev–Trinajstić information content (AvgIpc) is 2.57. The van der Waals surface area contributed by atoms with Gasteiger partial charge in [-0.1, -0.05) is 38.1 Å². The molecule has 1 aliphatic heterocycles. The highest BCUT2D eigenvalue weighted by Gasteiger charge is 2.17. The number of amides is 1. The van der Waals surface area contributed by atoms with Crippen LogP contribution in [0.2, 0.25) is 0 Å². The molecule has 0 spiro atoms. The first-order valence-corrected chi connectivity index (χ1v) is 8.59. The summed E-state index contributed by atoms with van der Waals surface area (Å²) in [7, 11) is 3.98. The van der Waals surface area contributed by atoms with Crippen LogP contribution >= 0.6 is 12.6 Å². The third-order valence-corrected chi connectivity index (χ3v) is 3.73. The minimum Gasteiger partial charge on any atom is -0.335 e. The van der Waals surface area contributed by atoms with Crippen molar-refractivity contribution in [3.8, 4) is 0 Å². The number of hydrogen-bond donors (Lipinski definition) is 1. The Morgan fingerprint density at radius 2 is 1.91 bits per heavy atom. The highest BCUT2D eigenvalue weighted by atomic mass is 32.1. The zero-order valence-electron chi connectivity index (χ0n) is 14.6. The summed E-state index contributed by atoms with van der Waals surface area (Å²) in [6.07, 6.45) is 6.72. The number of carbonyl (C=O) groups is 1. The first kappa shape index (κ1) is 19.5. The smallest absolute Gasteiger partial charge is 0.246 e. The van der Waals surface area contributed by atoms with E-state index in [2.05, 4.69) is 30.8 Å². The topological polar surface area (TPSA) is 23.6 Å². The zero-order chi connectivity index (χ0) is 17.2. The van der Waals surface area contributed by atoms with Crippen molar-refractivity contribution >= 4 is 24.1 Å². The van der Waals surface area contributed by atoms with Crippen molar-refractivity contribution in [3.63, 3.8) is 0 Å². The van der Waals surface area contributed by atoms with Crippen molar-refractivity contribution in [3.05, 3.63) is 48.1 Å². The van der Waals surface area contributed by atoms with Crippen LogP contribution in [0.4, 0.5) is 0 Å². The fourth-order valence-corrected chi connectivity index (χ4v) is 2.44. The van der Waals surface area contributed by atoms with Crippen molar-refractivity contribution in [1.29, 1.82) is 0 Å². The lowest BCUT2D eigenvalue weighted by Gasteiger charge is -2.26. The molecule has 0 saturated carbocycles. The van der Waals surface area contributed by atoms with Crippen LogP contribution in [-0.4, -0.2) is 49.4 Å². The molecule has 1 heterocycles. The number of benzene rings is 1. The van der Waals surface area contributed by atoms with Gasteiger partial charge in [0.2, 0.25) is 5.91 Å². The van der Waals surface area contributed by atoms with Crippen molar-refractivity contribution in [2.45, 2.75) is 25.2 Å². The van der Waals surface area contributed by atoms with Crippen LogP contribution in [-0.2, 0) is 4.79 Å². The van der Waals surface area contributed by atoms with E-state index in [0.717, 1.165) is 24.4 Å². The average molecular weight is 333 g/mol. The second-order valence-corrected chi connectivity index (χ2v) is 6.01. The Bertz CT molecular complexity index is 547. The van der Waals surface area contributed by atoms with E-state index in [0.29, 0.717) is 6.54 Å². The summed E-state index contributed by atoms with van der Waals surface area (Å²) in [5, 5.41) is 0. The SMILES string of the molecule is CC.CN(C)C/C=C/C(=O)N1CCC=C(c2ccc(S)cc2)C1. The van der Waals surface area contributed by atoms with E-state index < -0.39 is 0 Å². The van der Waals surface area contributed by atoms with E-state index in [1.165, 1.54) is 11.1 Å². The van der Waals surface area contributed by atoms with Crippen LogP contribution in [0.5, 0.6) is 0 Å². The van der Waals surface area contributed by atoms with Gasteiger partial charge in [-0.2, -0.15) is 0 Å². The summed E-state index contributed by atoms with van der Waals surface area (Å²) in [6.45, 7) is 6.25. The monoisotopic (exact) mass is 332 g/mol. The molecule has 2 rings (SSSR count). The van der Waals surface area contributed by atoms with Gasteiger partial charge in [0.25, 0.3) is 0 Å². The van der Waals surface area contributed by atoms with E-state index in [1.54, 1.807) is 6.08 Å². The molecule has 1 aliphatic rings. The van der Waals surface area contributed by atoms with Crippen LogP contribution in [0.3, 0.4) is 0 Å². The standard InChI is InChI=1S/C17H22N2OS.C2H6/c1-18(2)11-4-6-17(20)19-12-3-5-15(13-19)14-7-9-16(21)10-8-14;1-2/h4-10,21H,3,11-13H2,1-2H3;1-2H3/b6-4+;. The Morgan fingerprint density at radius 1 is 1.26 bits per heavy atom. The zero-order valence-corrected chi connectivity index (χ0v) is 15.5. The molecule has 0 atom stereocenters. The quantitative estimate of drug-likeness (QED) is 0.671. The van der Waals surface area contributed by atoms with E-state index >= 15 is 0 Å². The molecule has 0 aromatic heterocycles. The molecular weight excluding hydrogens is 304 g/mol. The molecular formula is C19H28N2OS. The lowest BCUT2D eigenvalue weighted by molar-refractivity contribution is -0.125. The third kappa shape index (κ3) is 6.63. The number of hydrogen-bond acceptors (Lipinski definition) is 3. The maximum atomic E-state index is 12.2. The Balaban J connectivity index is 0.00000127. The molecule has 0 unspecified atom stereocenters. The van der Waals surface area contributed by atoms with E-state index in [4.69, 9.17) is 0 Å². The van der Waals surface area contributed by atoms with Crippen molar-refractivity contribution in [1.82, 2.24) is 9.80 Å². The third-order valence-electron chi connectivity index (χ3n) is 3.43. The normalized spacial score (nSPS) is 14.5. The maximum Gasteiger partial charge on any atom is 0.246 e. The lowest BCUT2D eigenvalue weighted by Crippen LogP contribution is -2.34. The second-order valence-electron chi connectivity index (χ2n) is 5.49. The summed E-state index contributed by atoms with van der Waals surface area (Å²) < 4.78 is 0. The molecule has 0 bridgehead atoms. The summed E-state index contributed by atoms with van der Waals surface area (Å²) in [5.74, 6) is 0.0910. The fourth-order valence-electron chi connectivity index (χ4n) is 2.29. The number of thiol groups is 1. The summed E-state index contributed by atoms with van der Waals surface area (Å²) in [6, 6.07) is 8.09. The number of rotatable bonds is 4. The van der Waals surface area contributed by atoms with Gasteiger partial charge in [-0.15, -0.1) is 12.6 Å². The highest BCUT2D eigenvalue weighted by Crippen LogP contribution is 2.22. The molecule has 0 N–H and O–H groups in total. The molecule has 0 aliphatic carbocycles. The largest absolute Gasteiger partial charge is 0.335 e. The van der Waals surface area contributed by atoms with Crippen molar-refractivity contribution in [2.24, 2.45) is 0 Å². The molecule has 0 radical (unpaired) electrons. The molecule has 1 aromatic rings. The van der Waals surface area contributed by atoms with Gasteiger partial charge < -0.3 is 9.80 Å². The minimum atomic E-state index is 0.0910. The molecule has 126 valence electrons. The van der Waals surface area contributed by atoms with Gasteiger partial charge in [0.1, 0.15) is 0 Å². The van der Waals surface area contributed by atoms with Gasteiger partial charge in [-0.3, -0.25) is 4.79 Å². The van der Waals surface area contributed by atoms with Crippen LogP contribution in [0, 0.1) is 0 Å². The summed E-state index contributed by atoms with van der Waals surface area (Å²) >= 11 is 4.30. The minimum absolute atomic E-state index is 0.0910. The van der Waals surface area contributed by atoms with Gasteiger partial charge in [-0.05, 0) is 43.8 Å². The Hall–Kier alpha value is -1.52. The van der Waals surface area contributed by atoms with Gasteiger partial charge in [0, 0.05) is 30.6 Å². The molecule has 4 heteroatoms. The van der Waals surface area contributed by atoms with Crippen molar-refractivity contribution in [2.75, 3.05) is 33.7 Å². The molecule has 1 aromatic carbocycles. The van der Waals surface area contributed by atoms with Crippen LogP contribution in [0.15, 0.2) is 47.4 Å². The molecule has 23 heavy (non-hydrogen) atoms. The lowest BCUT2D eigenvalue weighted by atomic mass is 10.0. The second kappa shape index (κ2) is 10.3. The number of carbonyl (C=O) groups excluding carboxylic acids is 1. The molecule has 1 amide bonds. The Kier molecular flexibility index (Phi) is 8.74. The first-order chi connectivity index (χ1) is 11.1. The van der Waals surface area contributed by atoms with Crippen LogP contribution in [0.1, 0.15) is 25.8 Å². The maximum absolute atomic E-state index is 12.2. The summed E-state index contributed by atoms with van der Waals surface area (Å²) in [5.41, 5.74) is 2.38. The van der Waals surface area contributed by atoms with Gasteiger partial charge in [-0.25, -0.2) is 0 Å². The molecule has 0 fully saturated rings. The Morgan fingerprint density at radius 3 is 2.52 bits per heavy atom. The van der Waals surface area contributed by atoms with E-state index in [1.807, 2.05) is 56.0 Å². The fraction of sp³-hybridized carbons (Fsp3) is 0.421. The first-order valence-electron chi connectivity index (χ1n) is 8.15. The number of nitrogens with zero attached hydrogens (tertiary/aromatic N) is 2. The van der Waals surface area contributed by atoms with Crippen LogP contribution < -0.4 is 0 Å². The van der Waals surface area contributed by atoms with Gasteiger partial charge in [0.05, 0.1) is 0 Å². The Labute approximate surface area is 146 Å². The van der Waals surface area contributed by atoms with E-state index in [-0.39, 0.29) is 5.91 Å². The highest BCUT2D eigenvalue weighted by molar-refractivity contribution is 7.80. The van der Waals surface area contributed by atoms with Crippen molar-refractivity contribution < 1.29 is 4.79 Å². The van der Waals surface area contributed by atoms with Gasteiger partial charge in [0.15, 0.2) is 0 Å².